The highest BCUT2D eigenvalue weighted by atomic mass is 16.2. The number of hydrogen-bond acceptors (Lipinski definition) is 2. The second kappa shape index (κ2) is 9.42. The number of anilines is 1. The Balaban J connectivity index is 2.06. The minimum absolute atomic E-state index is 0.165. The number of benzene rings is 2. The molecule has 0 saturated carbocycles. The van der Waals surface area contributed by atoms with E-state index in [-0.39, 0.29) is 11.8 Å². The van der Waals surface area contributed by atoms with E-state index in [1.54, 1.807) is 17.9 Å². The van der Waals surface area contributed by atoms with Crippen LogP contribution < -0.4 is 5.32 Å². The van der Waals surface area contributed by atoms with E-state index in [0.29, 0.717) is 6.54 Å². The second-order valence-electron chi connectivity index (χ2n) is 5.81. The van der Waals surface area contributed by atoms with Crippen molar-refractivity contribution in [3.63, 3.8) is 0 Å². The SMILES string of the molecule is CCCN(C(=O)/C=C\c1ccccc1)[C@H](C)C(=O)Nc1ccccc1. The molecule has 0 bridgehead atoms. The van der Waals surface area contributed by atoms with E-state index in [2.05, 4.69) is 5.32 Å². The lowest BCUT2D eigenvalue weighted by Gasteiger charge is -2.27. The number of amides is 2. The minimum atomic E-state index is -0.548. The standard InChI is InChI=1S/C21H24N2O2/c1-3-16-23(20(24)15-14-18-10-6-4-7-11-18)17(2)21(25)22-19-12-8-5-9-13-19/h4-15,17H,3,16H2,1-2H3,(H,22,25)/b15-14-/t17-/m1/s1. The first-order valence-electron chi connectivity index (χ1n) is 8.51. The van der Waals surface area contributed by atoms with E-state index in [4.69, 9.17) is 0 Å². The molecule has 0 heterocycles. The summed E-state index contributed by atoms with van der Waals surface area (Å²) in [6, 6.07) is 18.3. The van der Waals surface area contributed by atoms with Crippen LogP contribution >= 0.6 is 0 Å². The normalized spacial score (nSPS) is 11.9. The van der Waals surface area contributed by atoms with Gasteiger partial charge >= 0.3 is 0 Å². The van der Waals surface area contributed by atoms with Crippen molar-refractivity contribution in [2.45, 2.75) is 26.3 Å². The maximum atomic E-state index is 12.6. The number of para-hydroxylation sites is 1. The highest BCUT2D eigenvalue weighted by Gasteiger charge is 2.23. The zero-order chi connectivity index (χ0) is 18.1. The molecule has 1 N–H and O–H groups in total. The predicted octanol–water partition coefficient (Wildman–Crippen LogP) is 3.97. The van der Waals surface area contributed by atoms with E-state index in [0.717, 1.165) is 17.7 Å². The van der Waals surface area contributed by atoms with Gasteiger partial charge in [-0.25, -0.2) is 0 Å². The van der Waals surface area contributed by atoms with E-state index in [1.807, 2.05) is 67.6 Å². The lowest BCUT2D eigenvalue weighted by Crippen LogP contribution is -2.45. The summed E-state index contributed by atoms with van der Waals surface area (Å²) in [6.45, 7) is 4.27. The van der Waals surface area contributed by atoms with Crippen LogP contribution in [0.1, 0.15) is 25.8 Å². The second-order valence-corrected chi connectivity index (χ2v) is 5.81. The third kappa shape index (κ3) is 5.60. The van der Waals surface area contributed by atoms with Crippen molar-refractivity contribution in [2.24, 2.45) is 0 Å². The molecule has 0 aromatic heterocycles. The van der Waals surface area contributed by atoms with Crippen molar-refractivity contribution in [1.29, 1.82) is 0 Å². The zero-order valence-electron chi connectivity index (χ0n) is 14.7. The Morgan fingerprint density at radius 1 is 1.04 bits per heavy atom. The average Bonchev–Trinajstić information content (AvgIpc) is 2.65. The van der Waals surface area contributed by atoms with Crippen LogP contribution in [0, 0.1) is 0 Å². The predicted molar refractivity (Wildman–Crippen MR) is 102 cm³/mol. The lowest BCUT2D eigenvalue weighted by atomic mass is 10.2. The molecule has 0 aliphatic carbocycles. The summed E-state index contributed by atoms with van der Waals surface area (Å²) < 4.78 is 0. The highest BCUT2D eigenvalue weighted by molar-refractivity contribution is 5.99. The van der Waals surface area contributed by atoms with E-state index in [1.165, 1.54) is 6.08 Å². The fourth-order valence-electron chi connectivity index (χ4n) is 2.47. The molecule has 1 atom stereocenters. The van der Waals surface area contributed by atoms with E-state index < -0.39 is 6.04 Å². The van der Waals surface area contributed by atoms with Crippen LogP contribution in [-0.4, -0.2) is 29.3 Å². The molecule has 4 nitrogen and oxygen atoms in total. The average molecular weight is 336 g/mol. The Bertz CT molecular complexity index is 711. The maximum absolute atomic E-state index is 12.6. The van der Waals surface area contributed by atoms with Crippen molar-refractivity contribution >= 4 is 23.6 Å². The quantitative estimate of drug-likeness (QED) is 0.778. The summed E-state index contributed by atoms with van der Waals surface area (Å²) >= 11 is 0. The largest absolute Gasteiger partial charge is 0.327 e. The number of rotatable bonds is 7. The molecule has 2 aromatic carbocycles. The van der Waals surface area contributed by atoms with Gasteiger partial charge in [-0.15, -0.1) is 0 Å². The maximum Gasteiger partial charge on any atom is 0.247 e. The summed E-state index contributed by atoms with van der Waals surface area (Å²) in [6.07, 6.45) is 4.08. The van der Waals surface area contributed by atoms with Gasteiger partial charge in [0.15, 0.2) is 0 Å². The van der Waals surface area contributed by atoms with E-state index >= 15 is 0 Å². The Hall–Kier alpha value is -2.88. The molecule has 0 aliphatic heterocycles. The topological polar surface area (TPSA) is 49.4 Å². The van der Waals surface area contributed by atoms with Crippen molar-refractivity contribution in [2.75, 3.05) is 11.9 Å². The van der Waals surface area contributed by atoms with Gasteiger partial charge < -0.3 is 10.2 Å². The van der Waals surface area contributed by atoms with Gasteiger partial charge in [0.2, 0.25) is 11.8 Å². The van der Waals surface area contributed by atoms with Gasteiger partial charge in [0.05, 0.1) is 0 Å². The molecule has 0 spiro atoms. The molecule has 0 fully saturated rings. The van der Waals surface area contributed by atoms with Crippen molar-refractivity contribution in [3.8, 4) is 0 Å². The highest BCUT2D eigenvalue weighted by Crippen LogP contribution is 2.10. The number of carbonyl (C=O) groups is 2. The number of nitrogens with zero attached hydrogens (tertiary/aromatic N) is 1. The first-order valence-corrected chi connectivity index (χ1v) is 8.51. The molecular formula is C21H24N2O2. The third-order valence-corrected chi connectivity index (χ3v) is 3.85. The smallest absolute Gasteiger partial charge is 0.247 e. The van der Waals surface area contributed by atoms with Crippen molar-refractivity contribution < 1.29 is 9.59 Å². The van der Waals surface area contributed by atoms with Gasteiger partial charge in [-0.05, 0) is 37.1 Å². The molecule has 0 saturated heterocycles. The first kappa shape index (κ1) is 18.5. The molecule has 2 amide bonds. The summed E-state index contributed by atoms with van der Waals surface area (Å²) in [4.78, 5) is 26.6. The third-order valence-electron chi connectivity index (χ3n) is 3.85. The molecule has 130 valence electrons. The molecule has 0 radical (unpaired) electrons. The Kier molecular flexibility index (Phi) is 6.96. The van der Waals surface area contributed by atoms with Crippen LogP contribution in [0.2, 0.25) is 0 Å². The van der Waals surface area contributed by atoms with Gasteiger partial charge in [0, 0.05) is 18.3 Å². The lowest BCUT2D eigenvalue weighted by molar-refractivity contribution is -0.134. The van der Waals surface area contributed by atoms with Gasteiger partial charge in [0.1, 0.15) is 6.04 Å². The summed E-state index contributed by atoms with van der Waals surface area (Å²) in [5, 5.41) is 2.85. The van der Waals surface area contributed by atoms with Crippen molar-refractivity contribution in [3.05, 3.63) is 72.3 Å². The van der Waals surface area contributed by atoms with Gasteiger partial charge in [-0.1, -0.05) is 55.5 Å². The fraction of sp³-hybridized carbons (Fsp3) is 0.238. The Morgan fingerprint density at radius 2 is 1.64 bits per heavy atom. The number of carbonyl (C=O) groups excluding carboxylic acids is 2. The van der Waals surface area contributed by atoms with Crippen LogP contribution in [0.3, 0.4) is 0 Å². The number of hydrogen-bond donors (Lipinski definition) is 1. The minimum Gasteiger partial charge on any atom is -0.327 e. The molecule has 25 heavy (non-hydrogen) atoms. The van der Waals surface area contributed by atoms with Crippen molar-refractivity contribution in [1.82, 2.24) is 4.90 Å². The molecule has 4 heteroatoms. The fourth-order valence-corrected chi connectivity index (χ4v) is 2.47. The molecule has 2 rings (SSSR count). The van der Waals surface area contributed by atoms with E-state index in [9.17, 15) is 9.59 Å². The van der Waals surface area contributed by atoms with Crippen LogP contribution in [0.4, 0.5) is 5.69 Å². The first-order chi connectivity index (χ1) is 12.1. The van der Waals surface area contributed by atoms with Gasteiger partial charge in [-0.2, -0.15) is 0 Å². The van der Waals surface area contributed by atoms with Gasteiger partial charge in [-0.3, -0.25) is 9.59 Å². The molecule has 0 aliphatic rings. The van der Waals surface area contributed by atoms with Gasteiger partial charge in [0.25, 0.3) is 0 Å². The number of nitrogens with one attached hydrogen (secondary N) is 1. The summed E-state index contributed by atoms with van der Waals surface area (Å²) in [5.74, 6) is -0.359. The monoisotopic (exact) mass is 336 g/mol. The molecule has 2 aromatic rings. The Morgan fingerprint density at radius 3 is 2.24 bits per heavy atom. The summed E-state index contributed by atoms with van der Waals surface area (Å²) in [7, 11) is 0. The summed E-state index contributed by atoms with van der Waals surface area (Å²) in [5.41, 5.74) is 1.68. The Labute approximate surface area is 149 Å². The van der Waals surface area contributed by atoms with Crippen LogP contribution in [0.15, 0.2) is 66.7 Å². The van der Waals surface area contributed by atoms with Crippen LogP contribution in [0.25, 0.3) is 6.08 Å². The molecular weight excluding hydrogens is 312 g/mol. The van der Waals surface area contributed by atoms with Crippen LogP contribution in [0.5, 0.6) is 0 Å². The van der Waals surface area contributed by atoms with Crippen LogP contribution in [-0.2, 0) is 9.59 Å². The molecule has 0 unspecified atom stereocenters. The zero-order valence-corrected chi connectivity index (χ0v) is 14.7.